The number of aliphatic imine (C=N–C) groups is 1. The topological polar surface area (TPSA) is 39.4 Å². The zero-order valence-corrected chi connectivity index (χ0v) is 10.7. The predicted molar refractivity (Wildman–Crippen MR) is 72.4 cm³/mol. The summed E-state index contributed by atoms with van der Waals surface area (Å²) in [7, 11) is 3.89. The highest BCUT2D eigenvalue weighted by Gasteiger charge is 2.02. The summed E-state index contributed by atoms with van der Waals surface area (Å²) in [5, 5.41) is 8.50. The van der Waals surface area contributed by atoms with E-state index in [1.165, 1.54) is 6.08 Å². The van der Waals surface area contributed by atoms with Gasteiger partial charge in [0.25, 0.3) is 0 Å². The molecule has 17 heavy (non-hydrogen) atoms. The lowest BCUT2D eigenvalue weighted by Crippen LogP contribution is -2.07. The van der Waals surface area contributed by atoms with Crippen molar-refractivity contribution in [2.45, 2.75) is 13.8 Å². The van der Waals surface area contributed by atoms with Crippen molar-refractivity contribution in [1.82, 2.24) is 4.90 Å². The van der Waals surface area contributed by atoms with E-state index in [-0.39, 0.29) is 0 Å². The molecular weight excluding hydrogens is 210 g/mol. The number of nitriles is 1. The molecule has 0 heterocycles. The summed E-state index contributed by atoms with van der Waals surface area (Å²) in [5.41, 5.74) is 4.25. The SMILES string of the molecule is Cc1cc(C=CC#N)cc(C)c1N=CN(C)C. The van der Waals surface area contributed by atoms with Gasteiger partial charge in [0.15, 0.2) is 0 Å². The van der Waals surface area contributed by atoms with E-state index in [4.69, 9.17) is 5.26 Å². The van der Waals surface area contributed by atoms with Gasteiger partial charge in [0.1, 0.15) is 0 Å². The molecule has 1 aromatic carbocycles. The molecule has 0 fully saturated rings. The minimum absolute atomic E-state index is 0.993. The summed E-state index contributed by atoms with van der Waals surface area (Å²) in [6, 6.07) is 6.05. The lowest BCUT2D eigenvalue weighted by molar-refractivity contribution is 0.643. The molecule has 0 unspecified atom stereocenters. The van der Waals surface area contributed by atoms with Crippen LogP contribution in [-0.4, -0.2) is 25.3 Å². The molecule has 0 N–H and O–H groups in total. The second-order valence-electron chi connectivity index (χ2n) is 4.17. The number of rotatable bonds is 3. The predicted octanol–water partition coefficient (Wildman–Crippen LogP) is 3.06. The molecular formula is C14H17N3. The van der Waals surface area contributed by atoms with Crippen molar-refractivity contribution in [3.8, 4) is 6.07 Å². The number of hydrogen-bond acceptors (Lipinski definition) is 2. The number of benzene rings is 1. The third-order valence-corrected chi connectivity index (χ3v) is 2.28. The van der Waals surface area contributed by atoms with Gasteiger partial charge >= 0.3 is 0 Å². The second-order valence-corrected chi connectivity index (χ2v) is 4.17. The van der Waals surface area contributed by atoms with Crippen molar-refractivity contribution in [2.24, 2.45) is 4.99 Å². The standard InChI is InChI=1S/C14H17N3/c1-11-8-13(6-5-7-15)9-12(2)14(11)16-10-17(3)4/h5-6,8-10H,1-4H3. The van der Waals surface area contributed by atoms with Crippen LogP contribution in [-0.2, 0) is 0 Å². The monoisotopic (exact) mass is 227 g/mol. The largest absolute Gasteiger partial charge is 0.369 e. The van der Waals surface area contributed by atoms with Crippen LogP contribution in [0.4, 0.5) is 5.69 Å². The molecule has 0 saturated heterocycles. The Balaban J connectivity index is 3.11. The van der Waals surface area contributed by atoms with E-state index in [1.807, 2.05) is 51.0 Å². The van der Waals surface area contributed by atoms with Crippen LogP contribution in [0.2, 0.25) is 0 Å². The summed E-state index contributed by atoms with van der Waals surface area (Å²) in [4.78, 5) is 6.34. The number of aryl methyl sites for hydroxylation is 2. The van der Waals surface area contributed by atoms with Crippen LogP contribution in [0.3, 0.4) is 0 Å². The molecule has 1 rings (SSSR count). The van der Waals surface area contributed by atoms with Crippen LogP contribution in [0, 0.1) is 25.2 Å². The Morgan fingerprint density at radius 3 is 2.29 bits per heavy atom. The zero-order chi connectivity index (χ0) is 12.8. The maximum atomic E-state index is 8.50. The van der Waals surface area contributed by atoms with E-state index in [0.717, 1.165) is 22.4 Å². The molecule has 0 spiro atoms. The average Bonchev–Trinajstić information content (AvgIpc) is 2.24. The highest BCUT2D eigenvalue weighted by molar-refractivity contribution is 5.67. The first-order valence-corrected chi connectivity index (χ1v) is 5.42. The molecule has 1 aromatic rings. The van der Waals surface area contributed by atoms with E-state index in [9.17, 15) is 0 Å². The van der Waals surface area contributed by atoms with Crippen molar-refractivity contribution >= 4 is 18.1 Å². The summed E-state index contributed by atoms with van der Waals surface area (Å²) in [6.07, 6.45) is 5.08. The summed E-state index contributed by atoms with van der Waals surface area (Å²) < 4.78 is 0. The molecule has 3 heteroatoms. The second kappa shape index (κ2) is 5.86. The van der Waals surface area contributed by atoms with E-state index >= 15 is 0 Å². The van der Waals surface area contributed by atoms with E-state index in [1.54, 1.807) is 12.4 Å². The van der Waals surface area contributed by atoms with Crippen molar-refractivity contribution in [2.75, 3.05) is 14.1 Å². The Morgan fingerprint density at radius 2 is 1.82 bits per heavy atom. The fourth-order valence-corrected chi connectivity index (χ4v) is 1.60. The van der Waals surface area contributed by atoms with Gasteiger partial charge in [-0.1, -0.05) is 0 Å². The third-order valence-electron chi connectivity index (χ3n) is 2.28. The van der Waals surface area contributed by atoms with Crippen LogP contribution in [0.25, 0.3) is 6.08 Å². The minimum atomic E-state index is 0.993. The molecule has 3 nitrogen and oxygen atoms in total. The van der Waals surface area contributed by atoms with Crippen LogP contribution < -0.4 is 0 Å². The quantitative estimate of drug-likeness (QED) is 0.452. The van der Waals surface area contributed by atoms with Gasteiger partial charge in [0, 0.05) is 20.2 Å². The highest BCUT2D eigenvalue weighted by Crippen LogP contribution is 2.25. The van der Waals surface area contributed by atoms with Gasteiger partial charge in [-0.15, -0.1) is 0 Å². The van der Waals surface area contributed by atoms with Crippen molar-refractivity contribution < 1.29 is 0 Å². The van der Waals surface area contributed by atoms with Gasteiger partial charge in [-0.25, -0.2) is 4.99 Å². The van der Waals surface area contributed by atoms with Gasteiger partial charge in [-0.2, -0.15) is 5.26 Å². The number of nitrogens with zero attached hydrogens (tertiary/aromatic N) is 3. The summed E-state index contributed by atoms with van der Waals surface area (Å²) in [6.45, 7) is 4.05. The molecule has 0 aliphatic rings. The Bertz CT molecular complexity index is 468. The minimum Gasteiger partial charge on any atom is -0.369 e. The molecule has 0 aliphatic carbocycles. The molecule has 0 amide bonds. The Kier molecular flexibility index (Phi) is 4.47. The number of hydrogen-bond donors (Lipinski definition) is 0. The van der Waals surface area contributed by atoms with Gasteiger partial charge < -0.3 is 4.90 Å². The zero-order valence-electron chi connectivity index (χ0n) is 10.7. The van der Waals surface area contributed by atoms with Crippen LogP contribution in [0.1, 0.15) is 16.7 Å². The molecule has 88 valence electrons. The van der Waals surface area contributed by atoms with Gasteiger partial charge in [-0.05, 0) is 48.7 Å². The van der Waals surface area contributed by atoms with E-state index in [2.05, 4.69) is 4.99 Å². The summed E-state index contributed by atoms with van der Waals surface area (Å²) in [5.74, 6) is 0. The average molecular weight is 227 g/mol. The molecule has 0 saturated carbocycles. The third kappa shape index (κ3) is 3.76. The Hall–Kier alpha value is -2.08. The van der Waals surface area contributed by atoms with Crippen LogP contribution in [0.5, 0.6) is 0 Å². The Morgan fingerprint density at radius 1 is 1.24 bits per heavy atom. The van der Waals surface area contributed by atoms with E-state index in [0.29, 0.717) is 0 Å². The lowest BCUT2D eigenvalue weighted by Gasteiger charge is -2.08. The molecule has 0 bridgehead atoms. The maximum Gasteiger partial charge on any atom is 0.0912 e. The van der Waals surface area contributed by atoms with Gasteiger partial charge in [-0.3, -0.25) is 0 Å². The fraction of sp³-hybridized carbons (Fsp3) is 0.286. The lowest BCUT2D eigenvalue weighted by atomic mass is 10.0. The smallest absolute Gasteiger partial charge is 0.0912 e. The summed E-state index contributed by atoms with van der Waals surface area (Å²) >= 11 is 0. The van der Waals surface area contributed by atoms with E-state index < -0.39 is 0 Å². The number of allylic oxidation sites excluding steroid dienone is 1. The molecule has 0 aliphatic heterocycles. The van der Waals surface area contributed by atoms with Crippen molar-refractivity contribution in [3.63, 3.8) is 0 Å². The van der Waals surface area contributed by atoms with Crippen LogP contribution >= 0.6 is 0 Å². The first-order valence-electron chi connectivity index (χ1n) is 5.42. The Labute approximate surface area is 103 Å². The van der Waals surface area contributed by atoms with Gasteiger partial charge in [0.05, 0.1) is 18.1 Å². The fourth-order valence-electron chi connectivity index (χ4n) is 1.60. The van der Waals surface area contributed by atoms with Crippen molar-refractivity contribution in [1.29, 1.82) is 5.26 Å². The maximum absolute atomic E-state index is 8.50. The van der Waals surface area contributed by atoms with Crippen LogP contribution in [0.15, 0.2) is 23.2 Å². The highest BCUT2D eigenvalue weighted by atomic mass is 15.1. The van der Waals surface area contributed by atoms with Crippen molar-refractivity contribution in [3.05, 3.63) is 34.9 Å². The first kappa shape index (κ1) is 13.0. The molecule has 0 atom stereocenters. The van der Waals surface area contributed by atoms with Gasteiger partial charge in [0.2, 0.25) is 0 Å². The molecule has 0 radical (unpaired) electrons. The molecule has 0 aromatic heterocycles. The first-order chi connectivity index (χ1) is 8.04. The normalized spacial score (nSPS) is 11.0.